The highest BCUT2D eigenvalue weighted by molar-refractivity contribution is 8.86. The first kappa shape index (κ1) is 8.21. The van der Waals surface area contributed by atoms with Gasteiger partial charge in [0.1, 0.15) is 7.57 Å². The molecule has 0 aliphatic heterocycles. The summed E-state index contributed by atoms with van der Waals surface area (Å²) in [7, 11) is 13.2. The lowest BCUT2D eigenvalue weighted by Gasteiger charge is -2.07. The highest BCUT2D eigenvalue weighted by Crippen LogP contribution is 2.80. The van der Waals surface area contributed by atoms with E-state index < -0.39 is 0 Å². The molecule has 0 rings (SSSR count). The van der Waals surface area contributed by atoms with E-state index in [9.17, 15) is 0 Å². The maximum absolute atomic E-state index is 5.45. The van der Waals surface area contributed by atoms with E-state index in [1.165, 1.54) is 0 Å². The van der Waals surface area contributed by atoms with Crippen LogP contribution in [-0.2, 0) is 0 Å². The third-order valence-electron chi connectivity index (χ3n) is 0.267. The van der Waals surface area contributed by atoms with E-state index in [1.807, 2.05) is 0 Å². The van der Waals surface area contributed by atoms with Gasteiger partial charge in [0.25, 0.3) is 0 Å². The van der Waals surface area contributed by atoms with Crippen molar-refractivity contribution in [2.75, 3.05) is 0 Å². The minimum Gasteiger partial charge on any atom is -0.117 e. The van der Waals surface area contributed by atoms with Crippen LogP contribution in [0.5, 0.6) is 0 Å². The second kappa shape index (κ2) is 4.13. The molecule has 0 fully saturated rings. The SMILES string of the molecule is [B]P(P)P(P)P. The summed E-state index contributed by atoms with van der Waals surface area (Å²) in [6, 6.07) is 0. The monoisotopic (exact) mass is 172 g/mol. The Morgan fingerprint density at radius 3 is 1.33 bits per heavy atom. The van der Waals surface area contributed by atoms with Crippen LogP contribution in [0.2, 0.25) is 0 Å². The Hall–Kier alpha value is 2.21. The quantitative estimate of drug-likeness (QED) is 0.420. The van der Waals surface area contributed by atoms with E-state index in [1.54, 1.807) is 0 Å². The van der Waals surface area contributed by atoms with Crippen LogP contribution in [0.1, 0.15) is 0 Å². The molecule has 6 heteroatoms. The highest BCUT2D eigenvalue weighted by atomic mass is 32.8. The summed E-state index contributed by atoms with van der Waals surface area (Å²) in [5.41, 5.74) is 0. The Morgan fingerprint density at radius 1 is 1.17 bits per heavy atom. The Bertz CT molecular complexity index is 24.9. The second-order valence-electron chi connectivity index (χ2n) is 0.760. The molecule has 2 radical (unpaired) electrons. The summed E-state index contributed by atoms with van der Waals surface area (Å²) in [5, 5.41) is 0. The molecule has 34 valence electrons. The van der Waals surface area contributed by atoms with E-state index >= 15 is 0 Å². The Balaban J connectivity index is 2.99. The highest BCUT2D eigenvalue weighted by Gasteiger charge is 1.94. The number of hydrogen-bond donors (Lipinski definition) is 0. The second-order valence-corrected chi connectivity index (χ2v) is 15.8. The first-order chi connectivity index (χ1) is 2.64. The fraction of sp³-hybridized carbons (Fsp3) is 0. The molecule has 0 amide bonds. The topological polar surface area (TPSA) is 0 Å². The third-order valence-corrected chi connectivity index (χ3v) is 14.4. The fourth-order valence-electron chi connectivity index (χ4n) is 0. The van der Waals surface area contributed by atoms with Crippen molar-refractivity contribution in [2.24, 2.45) is 0 Å². The molecule has 0 aliphatic carbocycles. The minimum atomic E-state index is -0.252. The van der Waals surface area contributed by atoms with Gasteiger partial charge in [-0.25, -0.2) is 0 Å². The van der Waals surface area contributed by atoms with Crippen LogP contribution in [0.25, 0.3) is 0 Å². The van der Waals surface area contributed by atoms with Gasteiger partial charge in [0.05, 0.1) is 0 Å². The van der Waals surface area contributed by atoms with Crippen LogP contribution >= 0.6 is 40.9 Å². The molecule has 4 atom stereocenters. The van der Waals surface area contributed by atoms with Gasteiger partial charge in [0, 0.05) is 0 Å². The first-order valence-electron chi connectivity index (χ1n) is 1.23. The average Bonchev–Trinajstić information content (AvgIpc) is 1.36. The zero-order valence-corrected chi connectivity index (χ0v) is 8.46. The van der Waals surface area contributed by atoms with Crippen LogP contribution in [-0.4, -0.2) is 7.57 Å². The van der Waals surface area contributed by atoms with Crippen LogP contribution < -0.4 is 0 Å². The summed E-state index contributed by atoms with van der Waals surface area (Å²) < 4.78 is 0. The molecule has 6 heavy (non-hydrogen) atoms. The van der Waals surface area contributed by atoms with Crippen molar-refractivity contribution < 1.29 is 0 Å². The van der Waals surface area contributed by atoms with Gasteiger partial charge in [-0.3, -0.25) is 0 Å². The molecule has 0 spiro atoms. The van der Waals surface area contributed by atoms with Gasteiger partial charge >= 0.3 is 0 Å². The molecule has 0 aromatic carbocycles. The van der Waals surface area contributed by atoms with Gasteiger partial charge in [0.2, 0.25) is 0 Å². The molecule has 4 unspecified atom stereocenters. The van der Waals surface area contributed by atoms with Crippen molar-refractivity contribution in [1.82, 2.24) is 0 Å². The Morgan fingerprint density at radius 2 is 1.33 bits per heavy atom. The van der Waals surface area contributed by atoms with Crippen molar-refractivity contribution in [3.63, 3.8) is 0 Å². The van der Waals surface area contributed by atoms with Gasteiger partial charge in [0.15, 0.2) is 0 Å². The van der Waals surface area contributed by atoms with E-state index in [2.05, 4.69) is 26.8 Å². The number of hydrogen-bond acceptors (Lipinski definition) is 0. The average molecular weight is 172 g/mol. The van der Waals surface area contributed by atoms with Gasteiger partial charge in [-0.05, 0) is 0 Å². The largest absolute Gasteiger partial charge is 0.121 e. The fourth-order valence-corrected chi connectivity index (χ4v) is 0. The molecule has 0 saturated carbocycles. The van der Waals surface area contributed by atoms with Gasteiger partial charge in [-0.1, -0.05) is 6.99 Å². The molecule has 0 heterocycles. The van der Waals surface area contributed by atoms with E-state index in [4.69, 9.17) is 7.57 Å². The van der Waals surface area contributed by atoms with E-state index in [0.29, 0.717) is 0 Å². The summed E-state index contributed by atoms with van der Waals surface area (Å²) in [6.45, 7) is -0.0206. The van der Waals surface area contributed by atoms with Crippen LogP contribution in [0.15, 0.2) is 0 Å². The zero-order valence-electron chi connectivity index (χ0n) is 3.20. The summed E-state index contributed by atoms with van der Waals surface area (Å²) in [4.78, 5) is 0. The van der Waals surface area contributed by atoms with E-state index in [-0.39, 0.29) is 14.2 Å². The van der Waals surface area contributed by atoms with Crippen molar-refractivity contribution in [3.8, 4) is 0 Å². The Labute approximate surface area is 49.1 Å². The van der Waals surface area contributed by atoms with Crippen LogP contribution in [0.4, 0.5) is 0 Å². The van der Waals surface area contributed by atoms with Crippen molar-refractivity contribution >= 4 is 48.5 Å². The van der Waals surface area contributed by atoms with Crippen molar-refractivity contribution in [3.05, 3.63) is 0 Å². The maximum atomic E-state index is 5.45. The molecule has 0 nitrogen and oxygen atoms in total. The predicted molar refractivity (Wildman–Crippen MR) is 48.7 cm³/mol. The normalized spacial score (nSPS) is 15.3. The van der Waals surface area contributed by atoms with Crippen LogP contribution in [0, 0.1) is 0 Å². The minimum absolute atomic E-state index is 0.0206. The summed E-state index contributed by atoms with van der Waals surface area (Å²) in [6.07, 6.45) is 0. The standard InChI is InChI=1S/BH6P5/c1-5(2)6(3)4/h2-4H2. The third kappa shape index (κ3) is 4.38. The van der Waals surface area contributed by atoms with E-state index in [0.717, 1.165) is 0 Å². The lowest BCUT2D eigenvalue weighted by Crippen LogP contribution is -1.36. The lowest BCUT2D eigenvalue weighted by atomic mass is 10.8. The Kier molecular flexibility index (Phi) is 5.65. The van der Waals surface area contributed by atoms with Crippen molar-refractivity contribution in [1.29, 1.82) is 0 Å². The zero-order chi connectivity index (χ0) is 5.15. The maximum Gasteiger partial charge on any atom is 0.121 e. The molecular formula is H6BP5. The van der Waals surface area contributed by atoms with Crippen molar-refractivity contribution in [2.45, 2.75) is 0 Å². The molecule has 0 aliphatic rings. The molecule has 0 bridgehead atoms. The molecule has 0 aromatic heterocycles. The lowest BCUT2D eigenvalue weighted by molar-refractivity contribution is 4.72. The summed E-state index contributed by atoms with van der Waals surface area (Å²) in [5.74, 6) is 0. The molecule has 0 saturated heterocycles. The van der Waals surface area contributed by atoms with Gasteiger partial charge in [-0.2, -0.15) is 0 Å². The van der Waals surface area contributed by atoms with Crippen LogP contribution in [0.3, 0.4) is 0 Å². The first-order valence-corrected chi connectivity index (χ1v) is 9.55. The predicted octanol–water partition coefficient (Wildman–Crippen LogP) is 2.32. The molecular weight excluding hydrogens is 166 g/mol. The molecule has 0 aromatic rings. The summed E-state index contributed by atoms with van der Waals surface area (Å²) >= 11 is 0. The molecule has 0 N–H and O–H groups in total. The van der Waals surface area contributed by atoms with Gasteiger partial charge in [-0.15, -0.1) is 34.0 Å². The number of rotatable bonds is 1. The van der Waals surface area contributed by atoms with Gasteiger partial charge < -0.3 is 0 Å². The smallest absolute Gasteiger partial charge is 0.117 e.